The SMILES string of the molecule is CNC(=O)c1ccc(CN(C(=O)CC(NC(C)=O)c2ccc(C)cc2)C2CC2)cc1. The lowest BCUT2D eigenvalue weighted by atomic mass is 10.0. The zero-order valence-electron chi connectivity index (χ0n) is 17.8. The Morgan fingerprint density at radius 3 is 2.20 bits per heavy atom. The zero-order chi connectivity index (χ0) is 21.7. The van der Waals surface area contributed by atoms with Crippen LogP contribution in [0.5, 0.6) is 0 Å². The van der Waals surface area contributed by atoms with E-state index in [9.17, 15) is 14.4 Å². The molecule has 1 atom stereocenters. The molecular formula is C24H29N3O3. The number of amides is 3. The maximum Gasteiger partial charge on any atom is 0.251 e. The molecule has 0 saturated heterocycles. The number of aryl methyl sites for hydroxylation is 1. The molecule has 1 aliphatic carbocycles. The number of carbonyl (C=O) groups excluding carboxylic acids is 3. The van der Waals surface area contributed by atoms with Gasteiger partial charge in [-0.2, -0.15) is 0 Å². The van der Waals surface area contributed by atoms with Gasteiger partial charge < -0.3 is 15.5 Å². The lowest BCUT2D eigenvalue weighted by Gasteiger charge is -2.26. The quantitative estimate of drug-likeness (QED) is 0.706. The summed E-state index contributed by atoms with van der Waals surface area (Å²) in [6.45, 7) is 3.98. The molecule has 158 valence electrons. The van der Waals surface area contributed by atoms with Crippen LogP contribution in [0.15, 0.2) is 48.5 Å². The summed E-state index contributed by atoms with van der Waals surface area (Å²) in [5, 5.41) is 5.53. The minimum absolute atomic E-state index is 0.0206. The second-order valence-corrected chi connectivity index (χ2v) is 7.90. The van der Waals surface area contributed by atoms with Crippen LogP contribution in [0.3, 0.4) is 0 Å². The molecule has 1 fully saturated rings. The Balaban J connectivity index is 1.73. The van der Waals surface area contributed by atoms with Gasteiger partial charge in [0.25, 0.3) is 5.91 Å². The van der Waals surface area contributed by atoms with Crippen molar-refractivity contribution in [1.82, 2.24) is 15.5 Å². The van der Waals surface area contributed by atoms with Crippen molar-refractivity contribution in [2.75, 3.05) is 7.05 Å². The van der Waals surface area contributed by atoms with Crippen LogP contribution in [0.25, 0.3) is 0 Å². The number of nitrogens with zero attached hydrogens (tertiary/aromatic N) is 1. The molecule has 3 amide bonds. The maximum atomic E-state index is 13.2. The summed E-state index contributed by atoms with van der Waals surface area (Å²) in [5.41, 5.74) is 3.63. The van der Waals surface area contributed by atoms with E-state index >= 15 is 0 Å². The van der Waals surface area contributed by atoms with Crippen molar-refractivity contribution < 1.29 is 14.4 Å². The minimum atomic E-state index is -0.354. The molecule has 2 aromatic rings. The third-order valence-corrected chi connectivity index (χ3v) is 5.34. The third-order valence-electron chi connectivity index (χ3n) is 5.34. The Kier molecular flexibility index (Phi) is 6.87. The molecule has 0 heterocycles. The number of carbonyl (C=O) groups is 3. The van der Waals surface area contributed by atoms with Gasteiger partial charge in [-0.1, -0.05) is 42.0 Å². The molecule has 1 unspecified atom stereocenters. The topological polar surface area (TPSA) is 78.5 Å². The van der Waals surface area contributed by atoms with Crippen LogP contribution in [0.4, 0.5) is 0 Å². The summed E-state index contributed by atoms with van der Waals surface area (Å²) >= 11 is 0. The monoisotopic (exact) mass is 407 g/mol. The molecule has 2 N–H and O–H groups in total. The molecule has 0 aliphatic heterocycles. The summed E-state index contributed by atoms with van der Waals surface area (Å²) < 4.78 is 0. The van der Waals surface area contributed by atoms with Crippen molar-refractivity contribution in [3.8, 4) is 0 Å². The second-order valence-electron chi connectivity index (χ2n) is 7.90. The molecule has 0 radical (unpaired) electrons. The largest absolute Gasteiger partial charge is 0.355 e. The summed E-state index contributed by atoms with van der Waals surface area (Å²) in [4.78, 5) is 38.5. The predicted molar refractivity (Wildman–Crippen MR) is 116 cm³/mol. The highest BCUT2D eigenvalue weighted by atomic mass is 16.2. The average Bonchev–Trinajstić information content (AvgIpc) is 3.56. The number of benzene rings is 2. The highest BCUT2D eigenvalue weighted by molar-refractivity contribution is 5.93. The van der Waals surface area contributed by atoms with E-state index < -0.39 is 0 Å². The lowest BCUT2D eigenvalue weighted by Crippen LogP contribution is -2.37. The molecule has 2 aromatic carbocycles. The highest BCUT2D eigenvalue weighted by Gasteiger charge is 2.33. The highest BCUT2D eigenvalue weighted by Crippen LogP contribution is 2.30. The number of hydrogen-bond acceptors (Lipinski definition) is 3. The molecule has 6 nitrogen and oxygen atoms in total. The van der Waals surface area contributed by atoms with Gasteiger partial charge in [0, 0.05) is 32.1 Å². The van der Waals surface area contributed by atoms with Crippen molar-refractivity contribution >= 4 is 17.7 Å². The standard InChI is InChI=1S/C24H29N3O3/c1-16-4-8-19(9-5-16)22(26-17(2)28)14-23(29)27(21-12-13-21)15-18-6-10-20(11-7-18)24(30)25-3/h4-11,21-22H,12-15H2,1-3H3,(H,25,30)(H,26,28). The predicted octanol–water partition coefficient (Wildman–Crippen LogP) is 3.11. The first-order valence-electron chi connectivity index (χ1n) is 10.3. The van der Waals surface area contributed by atoms with E-state index in [1.54, 1.807) is 19.2 Å². The summed E-state index contributed by atoms with van der Waals surface area (Å²) in [7, 11) is 1.60. The van der Waals surface area contributed by atoms with Crippen molar-refractivity contribution in [3.05, 3.63) is 70.8 Å². The van der Waals surface area contributed by atoms with Gasteiger partial charge in [0.05, 0.1) is 12.5 Å². The molecule has 1 saturated carbocycles. The van der Waals surface area contributed by atoms with Gasteiger partial charge in [0.15, 0.2) is 0 Å². The molecule has 1 aliphatic rings. The Hall–Kier alpha value is -3.15. The van der Waals surface area contributed by atoms with Gasteiger partial charge in [0.1, 0.15) is 0 Å². The Morgan fingerprint density at radius 1 is 1.03 bits per heavy atom. The van der Waals surface area contributed by atoms with Crippen LogP contribution in [-0.4, -0.2) is 35.7 Å². The normalized spacial score (nSPS) is 14.0. The third kappa shape index (κ3) is 5.69. The van der Waals surface area contributed by atoms with Gasteiger partial charge in [-0.05, 0) is 43.0 Å². The fraction of sp³-hybridized carbons (Fsp3) is 0.375. The maximum absolute atomic E-state index is 13.2. The first kappa shape index (κ1) is 21.6. The van der Waals surface area contributed by atoms with E-state index in [0.29, 0.717) is 12.1 Å². The van der Waals surface area contributed by atoms with Crippen molar-refractivity contribution in [1.29, 1.82) is 0 Å². The van der Waals surface area contributed by atoms with Crippen LogP contribution in [-0.2, 0) is 16.1 Å². The van der Waals surface area contributed by atoms with Crippen LogP contribution >= 0.6 is 0 Å². The number of rotatable bonds is 8. The van der Waals surface area contributed by atoms with E-state index in [1.807, 2.05) is 48.2 Å². The number of hydrogen-bond donors (Lipinski definition) is 2. The van der Waals surface area contributed by atoms with Gasteiger partial charge in [-0.3, -0.25) is 14.4 Å². The van der Waals surface area contributed by atoms with Gasteiger partial charge in [-0.15, -0.1) is 0 Å². The Labute approximate surface area is 177 Å². The van der Waals surface area contributed by atoms with Gasteiger partial charge in [0.2, 0.25) is 11.8 Å². The first-order chi connectivity index (χ1) is 14.4. The van der Waals surface area contributed by atoms with Crippen LogP contribution in [0.1, 0.15) is 59.3 Å². The molecule has 6 heteroatoms. The van der Waals surface area contributed by atoms with E-state index in [1.165, 1.54) is 6.92 Å². The molecule has 0 spiro atoms. The molecule has 0 bridgehead atoms. The van der Waals surface area contributed by atoms with Crippen LogP contribution < -0.4 is 10.6 Å². The first-order valence-corrected chi connectivity index (χ1v) is 10.3. The lowest BCUT2D eigenvalue weighted by molar-refractivity contribution is -0.133. The van der Waals surface area contributed by atoms with E-state index in [-0.39, 0.29) is 36.2 Å². The Morgan fingerprint density at radius 2 is 1.67 bits per heavy atom. The zero-order valence-corrected chi connectivity index (χ0v) is 17.8. The molecule has 3 rings (SSSR count). The van der Waals surface area contributed by atoms with Crippen LogP contribution in [0.2, 0.25) is 0 Å². The smallest absolute Gasteiger partial charge is 0.251 e. The van der Waals surface area contributed by atoms with E-state index in [2.05, 4.69) is 10.6 Å². The summed E-state index contributed by atoms with van der Waals surface area (Å²) in [6, 6.07) is 15.1. The molecule has 30 heavy (non-hydrogen) atoms. The van der Waals surface area contributed by atoms with E-state index in [0.717, 1.165) is 29.5 Å². The molecule has 0 aromatic heterocycles. The van der Waals surface area contributed by atoms with Crippen molar-refractivity contribution in [2.24, 2.45) is 0 Å². The van der Waals surface area contributed by atoms with Gasteiger partial charge >= 0.3 is 0 Å². The summed E-state index contributed by atoms with van der Waals surface area (Å²) in [5.74, 6) is -0.267. The Bertz CT molecular complexity index is 902. The van der Waals surface area contributed by atoms with Gasteiger partial charge in [-0.25, -0.2) is 0 Å². The van der Waals surface area contributed by atoms with Crippen molar-refractivity contribution in [3.63, 3.8) is 0 Å². The van der Waals surface area contributed by atoms with Crippen molar-refractivity contribution in [2.45, 2.75) is 51.7 Å². The van der Waals surface area contributed by atoms with E-state index in [4.69, 9.17) is 0 Å². The van der Waals surface area contributed by atoms with Crippen LogP contribution in [0, 0.1) is 6.92 Å². The summed E-state index contributed by atoms with van der Waals surface area (Å²) in [6.07, 6.45) is 2.21. The number of nitrogens with one attached hydrogen (secondary N) is 2. The fourth-order valence-electron chi connectivity index (χ4n) is 3.50. The molecular weight excluding hydrogens is 378 g/mol. The average molecular weight is 408 g/mol. The fourth-order valence-corrected chi connectivity index (χ4v) is 3.50. The minimum Gasteiger partial charge on any atom is -0.355 e. The second kappa shape index (κ2) is 9.57.